The van der Waals surface area contributed by atoms with Crippen LogP contribution in [0.4, 0.5) is 0 Å². The van der Waals surface area contributed by atoms with E-state index in [1.807, 2.05) is 12.1 Å². The van der Waals surface area contributed by atoms with Crippen LogP contribution in [-0.4, -0.2) is 25.2 Å². The maximum atomic E-state index is 12.2. The van der Waals surface area contributed by atoms with Gasteiger partial charge in [0.05, 0.1) is 5.69 Å². The van der Waals surface area contributed by atoms with Gasteiger partial charge in [0, 0.05) is 23.2 Å². The van der Waals surface area contributed by atoms with Crippen molar-refractivity contribution in [2.75, 3.05) is 0 Å². The maximum Gasteiger partial charge on any atom is 0.353 e. The van der Waals surface area contributed by atoms with Gasteiger partial charge in [-0.05, 0) is 43.2 Å². The molecule has 0 spiro atoms. The van der Waals surface area contributed by atoms with Gasteiger partial charge in [0.2, 0.25) is 0 Å². The minimum atomic E-state index is -0.460. The SMILES string of the molecule is C/C(C#Cc1ccc(Cl)cc1)=N\OCc1ccccc1-n1c(O)nn(C)c1=O. The highest BCUT2D eigenvalue weighted by molar-refractivity contribution is 6.30. The summed E-state index contributed by atoms with van der Waals surface area (Å²) in [5.41, 5.74) is 1.98. The van der Waals surface area contributed by atoms with Crippen molar-refractivity contribution in [1.29, 1.82) is 0 Å². The molecular weight excluding hydrogens is 380 g/mol. The average molecular weight is 397 g/mol. The monoisotopic (exact) mass is 396 g/mol. The lowest BCUT2D eigenvalue weighted by atomic mass is 10.2. The van der Waals surface area contributed by atoms with Gasteiger partial charge in [0.1, 0.15) is 12.3 Å². The van der Waals surface area contributed by atoms with Gasteiger partial charge in [-0.2, -0.15) is 0 Å². The number of halogens is 1. The molecule has 2 aromatic carbocycles. The number of hydrogen-bond donors (Lipinski definition) is 1. The third-order valence-electron chi connectivity index (χ3n) is 3.79. The molecule has 0 unspecified atom stereocenters. The summed E-state index contributed by atoms with van der Waals surface area (Å²) in [6, 6.07) is 13.8. The number of aromatic nitrogens is 3. The predicted octanol–water partition coefficient (Wildman–Crippen LogP) is 2.87. The molecule has 0 amide bonds. The van der Waals surface area contributed by atoms with Gasteiger partial charge >= 0.3 is 11.7 Å². The van der Waals surface area contributed by atoms with E-state index in [1.54, 1.807) is 43.3 Å². The van der Waals surface area contributed by atoms with E-state index in [0.29, 0.717) is 22.0 Å². The molecule has 0 atom stereocenters. The van der Waals surface area contributed by atoms with E-state index in [2.05, 4.69) is 22.1 Å². The standard InChI is InChI=1S/C20H17ClN4O3/c1-14(7-8-15-9-11-17(21)12-10-15)23-28-13-16-5-3-4-6-18(16)25-19(26)22-24(2)20(25)27/h3-6,9-12H,13H2,1-2H3,(H,22,26)/b23-14+. The molecule has 8 heteroatoms. The first-order valence-electron chi connectivity index (χ1n) is 8.33. The first-order chi connectivity index (χ1) is 13.5. The zero-order chi connectivity index (χ0) is 20.1. The number of aromatic hydroxyl groups is 1. The lowest BCUT2D eigenvalue weighted by Gasteiger charge is -2.08. The molecule has 28 heavy (non-hydrogen) atoms. The second kappa shape index (κ2) is 8.46. The van der Waals surface area contributed by atoms with Crippen molar-refractivity contribution >= 4 is 17.3 Å². The smallest absolute Gasteiger partial charge is 0.353 e. The highest BCUT2D eigenvalue weighted by Gasteiger charge is 2.15. The molecule has 0 fully saturated rings. The van der Waals surface area contributed by atoms with E-state index in [-0.39, 0.29) is 6.61 Å². The van der Waals surface area contributed by atoms with Crippen molar-refractivity contribution < 1.29 is 9.94 Å². The van der Waals surface area contributed by atoms with Crippen LogP contribution in [0.2, 0.25) is 5.02 Å². The van der Waals surface area contributed by atoms with Crippen molar-refractivity contribution in [3.8, 4) is 23.5 Å². The lowest BCUT2D eigenvalue weighted by Crippen LogP contribution is -2.22. The summed E-state index contributed by atoms with van der Waals surface area (Å²) in [7, 11) is 1.46. The van der Waals surface area contributed by atoms with E-state index in [1.165, 1.54) is 7.05 Å². The largest absolute Gasteiger partial charge is 0.479 e. The van der Waals surface area contributed by atoms with Crippen LogP contribution in [0.25, 0.3) is 5.69 Å². The molecular formula is C20H17ClN4O3. The van der Waals surface area contributed by atoms with Gasteiger partial charge in [-0.15, -0.1) is 5.10 Å². The Morgan fingerprint density at radius 3 is 2.64 bits per heavy atom. The van der Waals surface area contributed by atoms with Crippen molar-refractivity contribution in [3.63, 3.8) is 0 Å². The zero-order valence-corrected chi connectivity index (χ0v) is 16.0. The van der Waals surface area contributed by atoms with Crippen LogP contribution >= 0.6 is 11.6 Å². The molecule has 142 valence electrons. The number of para-hydroxylation sites is 1. The van der Waals surface area contributed by atoms with Gasteiger partial charge in [-0.1, -0.05) is 40.9 Å². The molecule has 0 aliphatic rings. The number of oxime groups is 1. The van der Waals surface area contributed by atoms with Crippen LogP contribution in [0.1, 0.15) is 18.1 Å². The van der Waals surface area contributed by atoms with E-state index < -0.39 is 11.7 Å². The Hall–Kier alpha value is -3.50. The van der Waals surface area contributed by atoms with Gasteiger partial charge < -0.3 is 9.94 Å². The van der Waals surface area contributed by atoms with E-state index >= 15 is 0 Å². The maximum absolute atomic E-state index is 12.2. The normalized spacial score (nSPS) is 11.0. The number of hydrogen-bond acceptors (Lipinski definition) is 5. The summed E-state index contributed by atoms with van der Waals surface area (Å²) in [4.78, 5) is 17.6. The first-order valence-corrected chi connectivity index (χ1v) is 8.71. The summed E-state index contributed by atoms with van der Waals surface area (Å²) in [5.74, 6) is 5.86. The molecule has 7 nitrogen and oxygen atoms in total. The predicted molar refractivity (Wildman–Crippen MR) is 107 cm³/mol. The second-order valence-corrected chi connectivity index (χ2v) is 6.31. The van der Waals surface area contributed by atoms with Gasteiger partial charge in [0.25, 0.3) is 0 Å². The fourth-order valence-electron chi connectivity index (χ4n) is 2.43. The molecule has 0 radical (unpaired) electrons. The van der Waals surface area contributed by atoms with Gasteiger partial charge in [-0.3, -0.25) is 0 Å². The quantitative estimate of drug-likeness (QED) is 0.417. The third-order valence-corrected chi connectivity index (χ3v) is 4.05. The molecule has 0 aliphatic carbocycles. The number of benzene rings is 2. The first kappa shape index (κ1) is 19.3. The van der Waals surface area contributed by atoms with Crippen molar-refractivity contribution in [2.45, 2.75) is 13.5 Å². The minimum Gasteiger partial charge on any atom is -0.479 e. The highest BCUT2D eigenvalue weighted by Crippen LogP contribution is 2.18. The molecule has 0 aliphatic heterocycles. The highest BCUT2D eigenvalue weighted by atomic mass is 35.5. The van der Waals surface area contributed by atoms with Crippen LogP contribution < -0.4 is 5.69 Å². The second-order valence-electron chi connectivity index (χ2n) is 5.88. The molecule has 0 saturated heterocycles. The molecule has 0 saturated carbocycles. The van der Waals surface area contributed by atoms with Gasteiger partial charge in [0.15, 0.2) is 0 Å². The summed E-state index contributed by atoms with van der Waals surface area (Å²) < 4.78 is 2.16. The summed E-state index contributed by atoms with van der Waals surface area (Å²) >= 11 is 5.84. The topological polar surface area (TPSA) is 81.6 Å². The van der Waals surface area contributed by atoms with Crippen LogP contribution in [-0.2, 0) is 18.5 Å². The fraction of sp³-hybridized carbons (Fsp3) is 0.150. The Morgan fingerprint density at radius 2 is 1.96 bits per heavy atom. The van der Waals surface area contributed by atoms with Crippen molar-refractivity contribution in [3.05, 3.63) is 75.2 Å². The van der Waals surface area contributed by atoms with E-state index in [0.717, 1.165) is 14.8 Å². The van der Waals surface area contributed by atoms with Crippen molar-refractivity contribution in [1.82, 2.24) is 14.3 Å². The van der Waals surface area contributed by atoms with Crippen LogP contribution in [0, 0.1) is 11.8 Å². The van der Waals surface area contributed by atoms with E-state index in [4.69, 9.17) is 16.4 Å². The Morgan fingerprint density at radius 1 is 1.25 bits per heavy atom. The zero-order valence-electron chi connectivity index (χ0n) is 15.3. The summed E-state index contributed by atoms with van der Waals surface area (Å²) in [5, 5.41) is 18.3. The number of aryl methyl sites for hydroxylation is 1. The summed E-state index contributed by atoms with van der Waals surface area (Å²) in [6.07, 6.45) is 0. The molecule has 1 N–H and O–H groups in total. The van der Waals surface area contributed by atoms with Gasteiger partial charge in [-0.25, -0.2) is 14.0 Å². The molecule has 1 aromatic heterocycles. The summed E-state index contributed by atoms with van der Waals surface area (Å²) in [6.45, 7) is 1.82. The Labute approximate surface area is 166 Å². The van der Waals surface area contributed by atoms with Crippen LogP contribution in [0.15, 0.2) is 58.5 Å². The number of nitrogens with zero attached hydrogens (tertiary/aromatic N) is 4. The Kier molecular flexibility index (Phi) is 5.82. The Bertz CT molecular complexity index is 1130. The fourth-order valence-corrected chi connectivity index (χ4v) is 2.56. The lowest BCUT2D eigenvalue weighted by molar-refractivity contribution is 0.130. The third kappa shape index (κ3) is 4.42. The molecule has 3 aromatic rings. The van der Waals surface area contributed by atoms with E-state index in [9.17, 15) is 9.90 Å². The average Bonchev–Trinajstić information content (AvgIpc) is 2.93. The molecule has 0 bridgehead atoms. The van der Waals surface area contributed by atoms with Crippen LogP contribution in [0.5, 0.6) is 6.01 Å². The van der Waals surface area contributed by atoms with Crippen molar-refractivity contribution in [2.24, 2.45) is 12.2 Å². The Balaban J connectivity index is 1.74. The van der Waals surface area contributed by atoms with Crippen LogP contribution in [0.3, 0.4) is 0 Å². The molecule has 3 rings (SSSR count). The molecule has 1 heterocycles. The number of rotatable bonds is 4. The minimum absolute atomic E-state index is 0.0942.